The van der Waals surface area contributed by atoms with Crippen molar-refractivity contribution >= 4 is 43.9 Å². The molecule has 0 unspecified atom stereocenters. The topological polar surface area (TPSA) is 86.6 Å². The van der Waals surface area contributed by atoms with Gasteiger partial charge in [-0.3, -0.25) is 4.79 Å². The van der Waals surface area contributed by atoms with Crippen LogP contribution in [0.25, 0.3) is 9.40 Å². The Morgan fingerprint density at radius 1 is 1.32 bits per heavy atom. The molecule has 0 aliphatic heterocycles. The molecule has 0 saturated heterocycles. The predicted octanol–water partition coefficient (Wildman–Crippen LogP) is 2.50. The van der Waals surface area contributed by atoms with Crippen LogP contribution in [-0.4, -0.2) is 40.9 Å². The van der Waals surface area contributed by atoms with Gasteiger partial charge in [0.15, 0.2) is 0 Å². The third kappa shape index (κ3) is 2.86. The van der Waals surface area contributed by atoms with Crippen LogP contribution in [0.15, 0.2) is 12.1 Å². The molecule has 0 spiro atoms. The zero-order chi connectivity index (χ0) is 15.9. The molecule has 118 valence electrons. The summed E-state index contributed by atoms with van der Waals surface area (Å²) in [5.41, 5.74) is -1.42. The van der Waals surface area contributed by atoms with Gasteiger partial charge in [0, 0.05) is 12.0 Å². The summed E-state index contributed by atoms with van der Waals surface area (Å²) in [6, 6.07) is 3.16. The van der Waals surface area contributed by atoms with E-state index in [0.717, 1.165) is 20.7 Å². The third-order valence-electron chi connectivity index (χ3n) is 3.78. The zero-order valence-electron chi connectivity index (χ0n) is 11.5. The summed E-state index contributed by atoms with van der Waals surface area (Å²) in [7, 11) is 0. The van der Waals surface area contributed by atoms with E-state index >= 15 is 0 Å². The molecule has 0 radical (unpaired) electrons. The Hall–Kier alpha value is -1.51. The lowest BCUT2D eigenvalue weighted by molar-refractivity contribution is -0.0160. The Kier molecular flexibility index (Phi) is 3.92. The zero-order valence-corrected chi connectivity index (χ0v) is 13.1. The Bertz CT molecular complexity index is 701. The SMILES string of the molecule is O=C(O)c1cc2cc(C(=O)NCC3(F)CC(CO)C3)sc2s1. The second-order valence-corrected chi connectivity index (χ2v) is 7.92. The van der Waals surface area contributed by atoms with E-state index in [9.17, 15) is 14.0 Å². The normalized spacial score (nSPS) is 24.2. The quantitative estimate of drug-likeness (QED) is 0.778. The average Bonchev–Trinajstić information content (AvgIpc) is 2.99. The lowest BCUT2D eigenvalue weighted by atomic mass is 9.72. The van der Waals surface area contributed by atoms with Crippen molar-refractivity contribution in [3.8, 4) is 0 Å². The van der Waals surface area contributed by atoms with E-state index < -0.39 is 11.6 Å². The number of nitrogens with one attached hydrogen (secondary N) is 1. The number of carboxylic acids is 1. The highest BCUT2D eigenvalue weighted by Crippen LogP contribution is 2.40. The Morgan fingerprint density at radius 3 is 2.55 bits per heavy atom. The molecular weight excluding hydrogens is 329 g/mol. The minimum atomic E-state index is -1.42. The van der Waals surface area contributed by atoms with Gasteiger partial charge < -0.3 is 15.5 Å². The van der Waals surface area contributed by atoms with Gasteiger partial charge in [-0.15, -0.1) is 22.7 Å². The number of amides is 1. The maximum atomic E-state index is 14.1. The van der Waals surface area contributed by atoms with E-state index in [0.29, 0.717) is 4.88 Å². The molecule has 1 aliphatic rings. The van der Waals surface area contributed by atoms with Gasteiger partial charge in [0.1, 0.15) is 10.5 Å². The highest BCUT2D eigenvalue weighted by Gasteiger charge is 2.44. The molecule has 1 fully saturated rings. The molecule has 3 N–H and O–H groups in total. The number of carboxylic acid groups (broad SMARTS) is 1. The van der Waals surface area contributed by atoms with Crippen LogP contribution in [0.2, 0.25) is 0 Å². The van der Waals surface area contributed by atoms with Crippen molar-refractivity contribution in [1.82, 2.24) is 5.32 Å². The van der Waals surface area contributed by atoms with Crippen LogP contribution in [0.3, 0.4) is 0 Å². The number of alkyl halides is 1. The number of thiophene rings is 2. The molecule has 0 aromatic carbocycles. The Morgan fingerprint density at radius 2 is 1.95 bits per heavy atom. The minimum Gasteiger partial charge on any atom is -0.477 e. The standard InChI is InChI=1S/C14H14FNO4S2/c15-14(3-7(4-14)5-17)6-16-11(18)9-1-8-2-10(12(19)20)22-13(8)21-9/h1-2,7,17H,3-6H2,(H,16,18)(H,19,20). The fourth-order valence-electron chi connectivity index (χ4n) is 2.63. The fraction of sp³-hybridized carbons (Fsp3) is 0.429. The first kappa shape index (κ1) is 15.4. The molecule has 0 bridgehead atoms. The summed E-state index contributed by atoms with van der Waals surface area (Å²) in [5, 5.41) is 21.1. The largest absolute Gasteiger partial charge is 0.477 e. The van der Waals surface area contributed by atoms with E-state index in [2.05, 4.69) is 5.32 Å². The van der Waals surface area contributed by atoms with Gasteiger partial charge in [-0.1, -0.05) is 0 Å². The first-order valence-electron chi connectivity index (χ1n) is 6.75. The molecule has 0 atom stereocenters. The summed E-state index contributed by atoms with van der Waals surface area (Å²) in [4.78, 5) is 23.6. The third-order valence-corrected chi connectivity index (χ3v) is 6.16. The average molecular weight is 343 g/mol. The number of hydrogen-bond acceptors (Lipinski definition) is 5. The van der Waals surface area contributed by atoms with Crippen LogP contribution in [0.1, 0.15) is 32.2 Å². The maximum absolute atomic E-state index is 14.1. The lowest BCUT2D eigenvalue weighted by Gasteiger charge is -2.40. The first-order chi connectivity index (χ1) is 10.4. The predicted molar refractivity (Wildman–Crippen MR) is 82.6 cm³/mol. The maximum Gasteiger partial charge on any atom is 0.345 e. The minimum absolute atomic E-state index is 0.0107. The molecule has 22 heavy (non-hydrogen) atoms. The number of hydrogen-bond donors (Lipinski definition) is 3. The van der Waals surface area contributed by atoms with Crippen molar-refractivity contribution in [2.45, 2.75) is 18.5 Å². The van der Waals surface area contributed by atoms with E-state index in [4.69, 9.17) is 10.2 Å². The molecule has 2 heterocycles. The molecular formula is C14H14FNO4S2. The number of aliphatic hydroxyl groups excluding tert-OH is 1. The Labute approximate surface area is 133 Å². The van der Waals surface area contributed by atoms with Gasteiger partial charge in [0.2, 0.25) is 0 Å². The van der Waals surface area contributed by atoms with Gasteiger partial charge in [-0.2, -0.15) is 0 Å². The number of rotatable bonds is 5. The van der Waals surface area contributed by atoms with Crippen molar-refractivity contribution in [2.24, 2.45) is 5.92 Å². The van der Waals surface area contributed by atoms with Crippen molar-refractivity contribution in [3.63, 3.8) is 0 Å². The van der Waals surface area contributed by atoms with Crippen molar-refractivity contribution in [1.29, 1.82) is 0 Å². The summed E-state index contributed by atoms with van der Waals surface area (Å²) < 4.78 is 14.9. The second-order valence-electron chi connectivity index (χ2n) is 5.56. The summed E-state index contributed by atoms with van der Waals surface area (Å²) in [6.07, 6.45) is 0.538. The number of fused-ring (bicyclic) bond motifs is 1. The van der Waals surface area contributed by atoms with Crippen molar-refractivity contribution in [3.05, 3.63) is 21.9 Å². The number of aromatic carboxylic acids is 1. The van der Waals surface area contributed by atoms with Gasteiger partial charge >= 0.3 is 5.97 Å². The van der Waals surface area contributed by atoms with Gasteiger partial charge in [-0.05, 0) is 30.9 Å². The van der Waals surface area contributed by atoms with Crippen molar-refractivity contribution in [2.75, 3.05) is 13.2 Å². The Balaban J connectivity index is 1.63. The molecule has 8 heteroatoms. The number of carbonyl (C=O) groups excluding carboxylic acids is 1. The van der Waals surface area contributed by atoms with Gasteiger partial charge in [0.25, 0.3) is 5.91 Å². The number of aliphatic hydroxyl groups is 1. The van der Waals surface area contributed by atoms with Gasteiger partial charge in [0.05, 0.1) is 15.4 Å². The van der Waals surface area contributed by atoms with E-state index in [-0.39, 0.29) is 42.7 Å². The molecule has 2 aromatic rings. The van der Waals surface area contributed by atoms with Crippen LogP contribution in [0.5, 0.6) is 0 Å². The molecule has 2 aromatic heterocycles. The molecule has 1 aliphatic carbocycles. The van der Waals surface area contributed by atoms with Crippen LogP contribution >= 0.6 is 22.7 Å². The second kappa shape index (κ2) is 5.60. The van der Waals surface area contributed by atoms with E-state index in [1.54, 1.807) is 6.07 Å². The smallest absolute Gasteiger partial charge is 0.345 e. The summed E-state index contributed by atoms with van der Waals surface area (Å²) in [6.45, 7) is -0.0824. The molecule has 3 rings (SSSR count). The van der Waals surface area contributed by atoms with Crippen LogP contribution in [0.4, 0.5) is 4.39 Å². The van der Waals surface area contributed by atoms with Crippen LogP contribution in [-0.2, 0) is 0 Å². The summed E-state index contributed by atoms with van der Waals surface area (Å²) >= 11 is 2.33. The number of carbonyl (C=O) groups is 2. The summed E-state index contributed by atoms with van der Waals surface area (Å²) in [5.74, 6) is -1.35. The highest BCUT2D eigenvalue weighted by molar-refractivity contribution is 7.39. The lowest BCUT2D eigenvalue weighted by Crippen LogP contribution is -2.49. The monoisotopic (exact) mass is 343 g/mol. The van der Waals surface area contributed by atoms with Gasteiger partial charge in [-0.25, -0.2) is 9.18 Å². The van der Waals surface area contributed by atoms with Crippen molar-refractivity contribution < 1.29 is 24.2 Å². The first-order valence-corrected chi connectivity index (χ1v) is 8.38. The fourth-order valence-corrected chi connectivity index (χ4v) is 4.83. The molecule has 1 saturated carbocycles. The van der Waals surface area contributed by atoms with E-state index in [1.807, 2.05) is 0 Å². The van der Waals surface area contributed by atoms with Crippen LogP contribution < -0.4 is 5.32 Å². The van der Waals surface area contributed by atoms with E-state index in [1.165, 1.54) is 17.4 Å². The number of halogens is 1. The highest BCUT2D eigenvalue weighted by atomic mass is 32.2. The molecule has 1 amide bonds. The van der Waals surface area contributed by atoms with Crippen LogP contribution in [0, 0.1) is 5.92 Å². The molecule has 5 nitrogen and oxygen atoms in total.